The van der Waals surface area contributed by atoms with Crippen LogP contribution in [0.5, 0.6) is 0 Å². The van der Waals surface area contributed by atoms with Gasteiger partial charge in [-0.1, -0.05) is 18.2 Å². The molecule has 1 amide bonds. The van der Waals surface area contributed by atoms with E-state index < -0.39 is 12.0 Å². The Morgan fingerprint density at radius 3 is 2.23 bits per heavy atom. The van der Waals surface area contributed by atoms with Crippen LogP contribution in [-0.4, -0.2) is 35.1 Å². The van der Waals surface area contributed by atoms with Gasteiger partial charge in [-0.25, -0.2) is 4.79 Å². The fourth-order valence-corrected chi connectivity index (χ4v) is 3.46. The van der Waals surface area contributed by atoms with Gasteiger partial charge < -0.3 is 18.5 Å². The molecule has 8 nitrogen and oxygen atoms in total. The van der Waals surface area contributed by atoms with E-state index >= 15 is 0 Å². The SMILES string of the molecule is CCOC(=O)C1=NN(c2ccccc2)C(C(=O)N(Cc2ccco2)Cc2ccco2)C1. The lowest BCUT2D eigenvalue weighted by molar-refractivity contribution is -0.135. The van der Waals surface area contributed by atoms with Gasteiger partial charge in [0, 0.05) is 6.42 Å². The van der Waals surface area contributed by atoms with Gasteiger partial charge in [0.05, 0.1) is 37.9 Å². The third-order valence-corrected chi connectivity index (χ3v) is 4.89. The van der Waals surface area contributed by atoms with Gasteiger partial charge in [0.1, 0.15) is 23.3 Å². The third-order valence-electron chi connectivity index (χ3n) is 4.89. The van der Waals surface area contributed by atoms with Gasteiger partial charge >= 0.3 is 5.97 Å². The van der Waals surface area contributed by atoms with Gasteiger partial charge in [-0.05, 0) is 43.3 Å². The molecule has 4 rings (SSSR count). The predicted octanol–water partition coefficient (Wildman–Crippen LogP) is 3.60. The van der Waals surface area contributed by atoms with Crippen LogP contribution in [0.25, 0.3) is 0 Å². The summed E-state index contributed by atoms with van der Waals surface area (Å²) in [6.07, 6.45) is 3.29. The lowest BCUT2D eigenvalue weighted by Crippen LogP contribution is -2.44. The van der Waals surface area contributed by atoms with Crippen LogP contribution in [0, 0.1) is 0 Å². The molecule has 1 aromatic carbocycles. The second-order valence-corrected chi connectivity index (χ2v) is 7.02. The summed E-state index contributed by atoms with van der Waals surface area (Å²) in [5.41, 5.74) is 0.941. The minimum Gasteiger partial charge on any atom is -0.467 e. The number of carbonyl (C=O) groups excluding carboxylic acids is 2. The van der Waals surface area contributed by atoms with Crippen molar-refractivity contribution in [2.45, 2.75) is 32.5 Å². The molecule has 1 aliphatic heterocycles. The van der Waals surface area contributed by atoms with Crippen LogP contribution in [-0.2, 0) is 27.4 Å². The van der Waals surface area contributed by atoms with Crippen molar-refractivity contribution in [3.8, 4) is 0 Å². The topological polar surface area (TPSA) is 88.5 Å². The smallest absolute Gasteiger partial charge is 0.354 e. The molecular formula is C23H23N3O5. The van der Waals surface area contributed by atoms with E-state index in [1.807, 2.05) is 42.5 Å². The molecule has 0 N–H and O–H groups in total. The van der Waals surface area contributed by atoms with Crippen LogP contribution in [0.3, 0.4) is 0 Å². The first-order valence-corrected chi connectivity index (χ1v) is 10.1. The standard InChI is InChI=1S/C23H23N3O5/c1-2-29-23(28)20-14-21(26(24-20)17-8-4-3-5-9-17)22(27)25(15-18-10-6-12-30-18)16-19-11-7-13-31-19/h3-13,21H,2,14-16H2,1H3. The number of anilines is 1. The lowest BCUT2D eigenvalue weighted by Gasteiger charge is -2.28. The van der Waals surface area contributed by atoms with E-state index in [1.165, 1.54) is 0 Å². The second-order valence-electron chi connectivity index (χ2n) is 7.02. The van der Waals surface area contributed by atoms with E-state index in [2.05, 4.69) is 5.10 Å². The highest BCUT2D eigenvalue weighted by molar-refractivity contribution is 6.38. The van der Waals surface area contributed by atoms with Crippen LogP contribution >= 0.6 is 0 Å². The summed E-state index contributed by atoms with van der Waals surface area (Å²) >= 11 is 0. The number of hydrazone groups is 1. The van der Waals surface area contributed by atoms with Crippen molar-refractivity contribution in [1.29, 1.82) is 0 Å². The number of carbonyl (C=O) groups is 2. The van der Waals surface area contributed by atoms with Crippen molar-refractivity contribution in [1.82, 2.24) is 4.90 Å². The van der Waals surface area contributed by atoms with Gasteiger partial charge in [0.25, 0.3) is 0 Å². The number of furan rings is 2. The molecule has 0 radical (unpaired) electrons. The van der Waals surface area contributed by atoms with Crippen molar-refractivity contribution in [2.24, 2.45) is 5.10 Å². The Bertz CT molecular complexity index is 992. The minimum absolute atomic E-state index is 0.152. The first kappa shape index (κ1) is 20.5. The molecule has 2 aromatic heterocycles. The normalized spacial score (nSPS) is 15.6. The molecule has 160 valence electrons. The van der Waals surface area contributed by atoms with E-state index in [9.17, 15) is 9.59 Å². The predicted molar refractivity (Wildman–Crippen MR) is 113 cm³/mol. The number of hydrogen-bond acceptors (Lipinski definition) is 7. The van der Waals surface area contributed by atoms with Crippen molar-refractivity contribution >= 4 is 23.3 Å². The average molecular weight is 421 g/mol. The Morgan fingerprint density at radius 1 is 1.03 bits per heavy atom. The molecule has 0 saturated carbocycles. The molecule has 0 bridgehead atoms. The Kier molecular flexibility index (Phi) is 6.16. The highest BCUT2D eigenvalue weighted by Crippen LogP contribution is 2.27. The maximum atomic E-state index is 13.7. The maximum absolute atomic E-state index is 13.7. The van der Waals surface area contributed by atoms with Gasteiger partial charge in [0.2, 0.25) is 5.91 Å². The lowest BCUT2D eigenvalue weighted by atomic mass is 10.1. The number of nitrogens with zero attached hydrogens (tertiary/aromatic N) is 3. The molecular weight excluding hydrogens is 398 g/mol. The van der Waals surface area contributed by atoms with Crippen molar-refractivity contribution < 1.29 is 23.2 Å². The highest BCUT2D eigenvalue weighted by Gasteiger charge is 2.39. The molecule has 1 atom stereocenters. The number of esters is 1. The van der Waals surface area contributed by atoms with Gasteiger partial charge in [-0.2, -0.15) is 5.10 Å². The number of ether oxygens (including phenoxy) is 1. The van der Waals surface area contributed by atoms with Crippen LogP contribution in [0.15, 0.2) is 81.1 Å². The fraction of sp³-hybridized carbons (Fsp3) is 0.261. The zero-order chi connectivity index (χ0) is 21.6. The van der Waals surface area contributed by atoms with Crippen LogP contribution in [0.2, 0.25) is 0 Å². The summed E-state index contributed by atoms with van der Waals surface area (Å²) in [6, 6.07) is 15.8. The first-order chi connectivity index (χ1) is 15.2. The Hall–Kier alpha value is -3.81. The van der Waals surface area contributed by atoms with E-state index in [-0.39, 0.29) is 37.7 Å². The van der Waals surface area contributed by atoms with E-state index in [0.29, 0.717) is 11.5 Å². The molecule has 0 aliphatic carbocycles. The number of rotatable bonds is 8. The molecule has 0 saturated heterocycles. The van der Waals surface area contributed by atoms with E-state index in [4.69, 9.17) is 13.6 Å². The zero-order valence-electron chi connectivity index (χ0n) is 17.1. The molecule has 0 fully saturated rings. The summed E-state index contributed by atoms with van der Waals surface area (Å²) in [6.45, 7) is 2.51. The van der Waals surface area contributed by atoms with E-state index in [0.717, 1.165) is 5.69 Å². The second kappa shape index (κ2) is 9.34. The Labute approximate surface area is 179 Å². The molecule has 3 heterocycles. The molecule has 8 heteroatoms. The fourth-order valence-electron chi connectivity index (χ4n) is 3.46. The monoisotopic (exact) mass is 421 g/mol. The Morgan fingerprint density at radius 2 is 1.68 bits per heavy atom. The molecule has 31 heavy (non-hydrogen) atoms. The number of amides is 1. The summed E-state index contributed by atoms with van der Waals surface area (Å²) < 4.78 is 16.0. The molecule has 3 aromatic rings. The first-order valence-electron chi connectivity index (χ1n) is 10.1. The van der Waals surface area contributed by atoms with Crippen LogP contribution in [0.4, 0.5) is 5.69 Å². The van der Waals surface area contributed by atoms with Gasteiger partial charge in [-0.15, -0.1) is 0 Å². The summed E-state index contributed by atoms with van der Waals surface area (Å²) in [7, 11) is 0. The summed E-state index contributed by atoms with van der Waals surface area (Å²) in [5.74, 6) is 0.591. The number of hydrogen-bond donors (Lipinski definition) is 0. The minimum atomic E-state index is -0.688. The quantitative estimate of drug-likeness (QED) is 0.517. The largest absolute Gasteiger partial charge is 0.467 e. The summed E-state index contributed by atoms with van der Waals surface area (Å²) in [5, 5.41) is 6.03. The maximum Gasteiger partial charge on any atom is 0.354 e. The Balaban J connectivity index is 1.62. The third kappa shape index (κ3) is 4.69. The number of benzene rings is 1. The highest BCUT2D eigenvalue weighted by atomic mass is 16.5. The molecule has 1 unspecified atom stereocenters. The average Bonchev–Trinajstić information content (AvgIpc) is 3.55. The molecule has 1 aliphatic rings. The number of para-hydroxylation sites is 1. The van der Waals surface area contributed by atoms with Crippen molar-refractivity contribution in [3.63, 3.8) is 0 Å². The van der Waals surface area contributed by atoms with Crippen molar-refractivity contribution in [2.75, 3.05) is 11.6 Å². The zero-order valence-corrected chi connectivity index (χ0v) is 17.1. The van der Waals surface area contributed by atoms with E-state index in [1.54, 1.807) is 41.5 Å². The summed E-state index contributed by atoms with van der Waals surface area (Å²) in [4.78, 5) is 27.7. The molecule has 0 spiro atoms. The van der Waals surface area contributed by atoms with Crippen LogP contribution < -0.4 is 5.01 Å². The van der Waals surface area contributed by atoms with Gasteiger partial charge in [-0.3, -0.25) is 9.80 Å². The van der Waals surface area contributed by atoms with Crippen molar-refractivity contribution in [3.05, 3.63) is 78.6 Å². The van der Waals surface area contributed by atoms with Gasteiger partial charge in [0.15, 0.2) is 0 Å². The van der Waals surface area contributed by atoms with Crippen LogP contribution in [0.1, 0.15) is 24.9 Å².